The van der Waals surface area contributed by atoms with Crippen LogP contribution in [0.2, 0.25) is 0 Å². The van der Waals surface area contributed by atoms with Crippen molar-refractivity contribution in [3.05, 3.63) is 54.6 Å². The van der Waals surface area contributed by atoms with Gasteiger partial charge >= 0.3 is 0 Å². The summed E-state index contributed by atoms with van der Waals surface area (Å²) in [6.07, 6.45) is 1.17. The number of benzene rings is 2. The van der Waals surface area contributed by atoms with Gasteiger partial charge in [-0.1, -0.05) is 49.4 Å². The van der Waals surface area contributed by atoms with Crippen LogP contribution in [0.4, 0.5) is 0 Å². The van der Waals surface area contributed by atoms with E-state index in [9.17, 15) is 0 Å². The van der Waals surface area contributed by atoms with Gasteiger partial charge in [0.15, 0.2) is 0 Å². The molecule has 0 bridgehead atoms. The molecule has 0 aliphatic carbocycles. The van der Waals surface area contributed by atoms with E-state index in [4.69, 9.17) is 4.74 Å². The fraction of sp³-hybridized carbons (Fsp3) is 0.200. The molecule has 0 fully saturated rings. The Balaban J connectivity index is 2.29. The molecular formula is C15H17OP. The highest BCUT2D eigenvalue weighted by atomic mass is 31.1. The van der Waals surface area contributed by atoms with Crippen molar-refractivity contribution in [1.82, 2.24) is 0 Å². The molecule has 0 aromatic heterocycles. The van der Waals surface area contributed by atoms with Gasteiger partial charge in [0.25, 0.3) is 0 Å². The van der Waals surface area contributed by atoms with Crippen LogP contribution in [0.1, 0.15) is 6.92 Å². The standard InChI is InChI=1S/C15H17OP/c1-3-17(14-7-5-4-6-8-14)15-11-9-13(16-2)10-12-15/h4-12H,3H2,1-2H3. The SMILES string of the molecule is CCP(c1ccccc1)c1ccc(OC)cc1. The highest BCUT2D eigenvalue weighted by molar-refractivity contribution is 7.72. The average Bonchev–Trinajstić information content (AvgIpc) is 2.42. The van der Waals surface area contributed by atoms with Crippen LogP contribution in [0, 0.1) is 0 Å². The van der Waals surface area contributed by atoms with Gasteiger partial charge in [0.2, 0.25) is 0 Å². The first-order valence-electron chi connectivity index (χ1n) is 5.81. The molecule has 0 heterocycles. The molecule has 1 atom stereocenters. The fourth-order valence-corrected chi connectivity index (χ4v) is 3.95. The average molecular weight is 244 g/mol. The first-order chi connectivity index (χ1) is 8.35. The zero-order valence-corrected chi connectivity index (χ0v) is 11.2. The van der Waals surface area contributed by atoms with Crippen LogP contribution in [0.3, 0.4) is 0 Å². The van der Waals surface area contributed by atoms with Crippen LogP contribution < -0.4 is 15.3 Å². The fourth-order valence-electron chi connectivity index (χ4n) is 1.88. The zero-order chi connectivity index (χ0) is 12.1. The van der Waals surface area contributed by atoms with Gasteiger partial charge in [-0.2, -0.15) is 0 Å². The summed E-state index contributed by atoms with van der Waals surface area (Å²) in [6, 6.07) is 19.2. The maximum absolute atomic E-state index is 5.20. The minimum absolute atomic E-state index is 0.222. The van der Waals surface area contributed by atoms with E-state index in [1.165, 1.54) is 16.8 Å². The van der Waals surface area contributed by atoms with Crippen molar-refractivity contribution in [2.24, 2.45) is 0 Å². The molecule has 1 unspecified atom stereocenters. The predicted molar refractivity (Wildman–Crippen MR) is 76.2 cm³/mol. The summed E-state index contributed by atoms with van der Waals surface area (Å²) in [5, 5.41) is 2.85. The van der Waals surface area contributed by atoms with Crippen molar-refractivity contribution in [3.63, 3.8) is 0 Å². The van der Waals surface area contributed by atoms with Crippen molar-refractivity contribution < 1.29 is 4.74 Å². The number of methoxy groups -OCH3 is 1. The summed E-state index contributed by atoms with van der Waals surface area (Å²) >= 11 is 0. The second kappa shape index (κ2) is 5.84. The lowest BCUT2D eigenvalue weighted by Crippen LogP contribution is -2.12. The molecule has 2 aromatic carbocycles. The Morgan fingerprint density at radius 3 is 2.00 bits per heavy atom. The van der Waals surface area contributed by atoms with Gasteiger partial charge in [-0.3, -0.25) is 0 Å². The topological polar surface area (TPSA) is 9.23 Å². The second-order valence-electron chi connectivity index (χ2n) is 3.78. The third-order valence-corrected chi connectivity index (χ3v) is 5.24. The molecule has 2 rings (SSSR count). The Bertz CT molecular complexity index is 450. The van der Waals surface area contributed by atoms with Crippen LogP contribution in [0.25, 0.3) is 0 Å². The summed E-state index contributed by atoms with van der Waals surface area (Å²) in [5.74, 6) is 0.924. The number of hydrogen-bond acceptors (Lipinski definition) is 1. The molecule has 2 aromatic rings. The van der Waals surface area contributed by atoms with Gasteiger partial charge < -0.3 is 4.74 Å². The number of rotatable bonds is 4. The van der Waals surface area contributed by atoms with Crippen molar-refractivity contribution >= 4 is 18.5 Å². The summed E-state index contributed by atoms with van der Waals surface area (Å²) in [4.78, 5) is 0. The Hall–Kier alpha value is -1.33. The van der Waals surface area contributed by atoms with E-state index >= 15 is 0 Å². The van der Waals surface area contributed by atoms with E-state index in [0.29, 0.717) is 0 Å². The highest BCUT2D eigenvalue weighted by Crippen LogP contribution is 2.33. The molecule has 17 heavy (non-hydrogen) atoms. The van der Waals surface area contributed by atoms with E-state index in [1.54, 1.807) is 7.11 Å². The van der Waals surface area contributed by atoms with Crippen molar-refractivity contribution in [2.45, 2.75) is 6.92 Å². The molecule has 88 valence electrons. The highest BCUT2D eigenvalue weighted by Gasteiger charge is 2.10. The maximum Gasteiger partial charge on any atom is 0.118 e. The molecule has 2 heteroatoms. The minimum Gasteiger partial charge on any atom is -0.497 e. The van der Waals surface area contributed by atoms with Crippen molar-refractivity contribution in [2.75, 3.05) is 13.3 Å². The van der Waals surface area contributed by atoms with E-state index < -0.39 is 0 Å². The van der Waals surface area contributed by atoms with Gasteiger partial charge in [0, 0.05) is 0 Å². The zero-order valence-electron chi connectivity index (χ0n) is 10.3. The largest absolute Gasteiger partial charge is 0.497 e. The van der Waals surface area contributed by atoms with Gasteiger partial charge in [-0.25, -0.2) is 0 Å². The summed E-state index contributed by atoms with van der Waals surface area (Å²) in [6.45, 7) is 2.25. The van der Waals surface area contributed by atoms with E-state index in [1.807, 2.05) is 12.1 Å². The molecule has 0 saturated carbocycles. The second-order valence-corrected chi connectivity index (χ2v) is 6.30. The summed E-state index contributed by atoms with van der Waals surface area (Å²) < 4.78 is 5.20. The lowest BCUT2D eigenvalue weighted by molar-refractivity contribution is 0.415. The predicted octanol–water partition coefficient (Wildman–Crippen LogP) is 3.15. The molecule has 0 amide bonds. The van der Waals surface area contributed by atoms with E-state index in [-0.39, 0.29) is 7.92 Å². The first kappa shape index (κ1) is 12.1. The van der Waals surface area contributed by atoms with Gasteiger partial charge in [-0.05, 0) is 36.8 Å². The molecule has 0 aliphatic heterocycles. The number of ether oxygens (including phenoxy) is 1. The van der Waals surface area contributed by atoms with Gasteiger partial charge in [-0.15, -0.1) is 0 Å². The third-order valence-electron chi connectivity index (χ3n) is 2.77. The van der Waals surface area contributed by atoms with Gasteiger partial charge in [0.1, 0.15) is 5.75 Å². The van der Waals surface area contributed by atoms with Crippen LogP contribution in [-0.2, 0) is 0 Å². The molecule has 1 nitrogen and oxygen atoms in total. The Labute approximate surface area is 104 Å². The first-order valence-corrected chi connectivity index (χ1v) is 7.34. The summed E-state index contributed by atoms with van der Waals surface area (Å²) in [7, 11) is 1.48. The van der Waals surface area contributed by atoms with Crippen LogP contribution >= 0.6 is 7.92 Å². The minimum atomic E-state index is -0.222. The Morgan fingerprint density at radius 1 is 0.882 bits per heavy atom. The third kappa shape index (κ3) is 2.87. The molecule has 0 radical (unpaired) electrons. The van der Waals surface area contributed by atoms with Crippen LogP contribution in [-0.4, -0.2) is 13.3 Å². The molecule has 0 aliphatic rings. The lowest BCUT2D eigenvalue weighted by atomic mass is 10.3. The smallest absolute Gasteiger partial charge is 0.118 e. The van der Waals surface area contributed by atoms with Crippen LogP contribution in [0.5, 0.6) is 5.75 Å². The molecule has 0 N–H and O–H groups in total. The normalized spacial score (nSPS) is 12.1. The van der Waals surface area contributed by atoms with Crippen molar-refractivity contribution in [3.8, 4) is 5.75 Å². The molecule has 0 spiro atoms. The van der Waals surface area contributed by atoms with E-state index in [2.05, 4.69) is 49.4 Å². The van der Waals surface area contributed by atoms with Crippen molar-refractivity contribution in [1.29, 1.82) is 0 Å². The quantitative estimate of drug-likeness (QED) is 0.751. The molecule has 0 saturated heterocycles. The monoisotopic (exact) mass is 244 g/mol. The Kier molecular flexibility index (Phi) is 4.17. The van der Waals surface area contributed by atoms with E-state index in [0.717, 1.165) is 5.75 Å². The molecular weight excluding hydrogens is 227 g/mol. The van der Waals surface area contributed by atoms with Crippen LogP contribution in [0.15, 0.2) is 54.6 Å². The Morgan fingerprint density at radius 2 is 1.47 bits per heavy atom. The summed E-state index contributed by atoms with van der Waals surface area (Å²) in [5.41, 5.74) is 0. The number of hydrogen-bond donors (Lipinski definition) is 0. The maximum atomic E-state index is 5.20. The van der Waals surface area contributed by atoms with Gasteiger partial charge in [0.05, 0.1) is 7.11 Å². The lowest BCUT2D eigenvalue weighted by Gasteiger charge is -2.16.